The number of hydrazone groups is 1. The Labute approximate surface area is 333 Å². The third kappa shape index (κ3) is 6.91. The van der Waals surface area contributed by atoms with E-state index in [4.69, 9.17) is 18.9 Å². The van der Waals surface area contributed by atoms with Crippen LogP contribution in [0.3, 0.4) is 0 Å². The van der Waals surface area contributed by atoms with E-state index in [0.29, 0.717) is 56.3 Å². The van der Waals surface area contributed by atoms with Gasteiger partial charge >= 0.3 is 5.97 Å². The highest BCUT2D eigenvalue weighted by molar-refractivity contribution is 6.05. The average Bonchev–Trinajstić information content (AvgIpc) is 3.75. The van der Waals surface area contributed by atoms with Crippen LogP contribution >= 0.6 is 0 Å². The predicted molar refractivity (Wildman–Crippen MR) is 212 cm³/mol. The maximum Gasteiger partial charge on any atom is 0.331 e. The smallest absolute Gasteiger partial charge is 0.331 e. The molecular weight excluding hydrogens is 730 g/mol. The van der Waals surface area contributed by atoms with Crippen LogP contribution in [0.5, 0.6) is 17.2 Å². The molecule has 2 amide bonds. The van der Waals surface area contributed by atoms with Gasteiger partial charge in [-0.3, -0.25) is 9.59 Å². The number of ether oxygens (including phenoxy) is 4. The van der Waals surface area contributed by atoms with Crippen molar-refractivity contribution in [3.05, 3.63) is 70.4 Å². The second-order valence-electron chi connectivity index (χ2n) is 16.7. The lowest BCUT2D eigenvalue weighted by Crippen LogP contribution is -2.68. The number of aliphatic hydroxyl groups excluding tert-OH is 1. The van der Waals surface area contributed by atoms with E-state index in [1.54, 1.807) is 18.4 Å². The minimum atomic E-state index is -1.32. The molecule has 4 fully saturated rings. The SMILES string of the molecule is CCc1ccc(/C=C(/NC(=O)c2cc(OC)c(OC)c(OC)c2)C(=O)N/N=C\[C@]23CC[C@@H](O)C[C@]2(O)CC[C@@H]2[C@@H]3CC[C@]3(C)[C@@H](C4=CC(=O)OC4)CC[C@]23O)cc1. The van der Waals surface area contributed by atoms with Crippen molar-refractivity contribution < 1.29 is 48.7 Å². The van der Waals surface area contributed by atoms with Gasteiger partial charge in [0.2, 0.25) is 5.75 Å². The molecule has 0 spiro atoms. The number of methoxy groups -OCH3 is 3. The number of hydrogen-bond acceptors (Lipinski definition) is 11. The van der Waals surface area contributed by atoms with Crippen LogP contribution in [0.2, 0.25) is 0 Å². The Morgan fingerprint density at radius 2 is 1.65 bits per heavy atom. The van der Waals surface area contributed by atoms with Gasteiger partial charge in [0.25, 0.3) is 11.8 Å². The second-order valence-corrected chi connectivity index (χ2v) is 16.7. The Hall–Kier alpha value is -4.72. The molecule has 1 heterocycles. The quantitative estimate of drug-likeness (QED) is 0.0913. The first-order valence-corrected chi connectivity index (χ1v) is 20.0. The van der Waals surface area contributed by atoms with Crippen LogP contribution in [0.1, 0.15) is 93.1 Å². The largest absolute Gasteiger partial charge is 0.493 e. The molecule has 1 aliphatic heterocycles. The number of carbonyl (C=O) groups is 3. The first-order chi connectivity index (χ1) is 27.2. The second kappa shape index (κ2) is 15.6. The Kier molecular flexibility index (Phi) is 11.0. The van der Waals surface area contributed by atoms with Gasteiger partial charge in [-0.15, -0.1) is 0 Å². The lowest BCUT2D eigenvalue weighted by Gasteiger charge is -2.65. The molecular formula is C44H55N3O10. The van der Waals surface area contributed by atoms with E-state index < -0.39 is 40.0 Å². The number of hydrogen-bond donors (Lipinski definition) is 5. The summed E-state index contributed by atoms with van der Waals surface area (Å²) in [5.41, 5.74) is 1.62. The van der Waals surface area contributed by atoms with Crippen LogP contribution < -0.4 is 25.0 Å². The summed E-state index contributed by atoms with van der Waals surface area (Å²) in [7, 11) is 4.36. The topological polar surface area (TPSA) is 185 Å². The van der Waals surface area contributed by atoms with Gasteiger partial charge in [-0.1, -0.05) is 38.1 Å². The fourth-order valence-electron chi connectivity index (χ4n) is 11.2. The minimum Gasteiger partial charge on any atom is -0.493 e. The number of amides is 2. The van der Waals surface area contributed by atoms with E-state index in [-0.39, 0.29) is 59.5 Å². The summed E-state index contributed by atoms with van der Waals surface area (Å²) >= 11 is 0. The molecule has 0 radical (unpaired) electrons. The van der Waals surface area contributed by atoms with Gasteiger partial charge in [0.15, 0.2) is 11.5 Å². The monoisotopic (exact) mass is 785 g/mol. The molecule has 4 saturated carbocycles. The Bertz CT molecular complexity index is 1970. The Balaban J connectivity index is 1.19. The van der Waals surface area contributed by atoms with Crippen molar-refractivity contribution in [2.75, 3.05) is 27.9 Å². The van der Waals surface area contributed by atoms with Crippen LogP contribution in [-0.4, -0.2) is 84.6 Å². The van der Waals surface area contributed by atoms with Gasteiger partial charge in [-0.2, -0.15) is 5.10 Å². The zero-order valence-corrected chi connectivity index (χ0v) is 33.4. The summed E-state index contributed by atoms with van der Waals surface area (Å²) in [6.45, 7) is 4.43. The molecule has 5 aliphatic rings. The number of aliphatic hydroxyl groups is 3. The molecule has 4 aliphatic carbocycles. The van der Waals surface area contributed by atoms with Gasteiger partial charge < -0.3 is 39.6 Å². The zero-order valence-electron chi connectivity index (χ0n) is 33.4. The summed E-state index contributed by atoms with van der Waals surface area (Å²) in [6.07, 6.45) is 9.50. The summed E-state index contributed by atoms with van der Waals surface area (Å²) in [5.74, 6) is -1.15. The highest BCUT2D eigenvalue weighted by atomic mass is 16.5. The Morgan fingerprint density at radius 3 is 2.28 bits per heavy atom. The van der Waals surface area contributed by atoms with Crippen LogP contribution in [0.4, 0.5) is 0 Å². The molecule has 0 unspecified atom stereocenters. The van der Waals surface area contributed by atoms with E-state index in [2.05, 4.69) is 22.8 Å². The molecule has 7 rings (SSSR count). The summed E-state index contributed by atoms with van der Waals surface area (Å²) in [5, 5.41) is 43.4. The summed E-state index contributed by atoms with van der Waals surface area (Å²) in [4.78, 5) is 39.9. The lowest BCUT2D eigenvalue weighted by molar-refractivity contribution is -0.237. The molecule has 13 nitrogen and oxygen atoms in total. The van der Waals surface area contributed by atoms with E-state index in [1.807, 2.05) is 31.2 Å². The van der Waals surface area contributed by atoms with Gasteiger partial charge in [0.05, 0.1) is 38.6 Å². The first-order valence-electron chi connectivity index (χ1n) is 20.0. The van der Waals surface area contributed by atoms with Crippen molar-refractivity contribution in [3.63, 3.8) is 0 Å². The fraction of sp³-hybridized carbons (Fsp3) is 0.545. The standard InChI is InChI=1S/C44H55N3O10/c1-6-26-7-9-27(10-8-26)19-34(46-39(50)28-20-35(54-3)38(56-5)36(21-28)55-4)40(51)47-45-25-42-16-11-30(48)23-43(42,52)17-13-33-32(42)12-15-41(2)31(14-18-44(33,41)53)29-22-37(49)57-24-29/h7-10,19-22,25,30-33,48,52-53H,6,11-18,23-24H2,1-5H3,(H,46,50)(H,47,51)/b34-19+,45-25-/t30-,31-,32+,33-,41-,42+,43-,44+/m1/s1. The normalized spacial score (nSPS) is 33.4. The number of nitrogens with zero attached hydrogens (tertiary/aromatic N) is 1. The van der Waals surface area contributed by atoms with Crippen molar-refractivity contribution in [1.29, 1.82) is 0 Å². The third-order valence-corrected chi connectivity index (χ3v) is 14.2. The van der Waals surface area contributed by atoms with Gasteiger partial charge in [-0.05, 0) is 110 Å². The predicted octanol–water partition coefficient (Wildman–Crippen LogP) is 4.86. The van der Waals surface area contributed by atoms with Gasteiger partial charge in [0, 0.05) is 35.1 Å². The number of benzene rings is 2. The molecule has 13 heteroatoms. The van der Waals surface area contributed by atoms with E-state index in [0.717, 1.165) is 24.0 Å². The lowest BCUT2D eigenvalue weighted by atomic mass is 9.41. The maximum atomic E-state index is 14.1. The average molecular weight is 786 g/mol. The van der Waals surface area contributed by atoms with Crippen molar-refractivity contribution in [2.45, 2.75) is 95.4 Å². The number of esters is 1. The molecule has 0 saturated heterocycles. The minimum absolute atomic E-state index is 0.00600. The molecule has 2 aromatic carbocycles. The highest BCUT2D eigenvalue weighted by Gasteiger charge is 2.71. The van der Waals surface area contributed by atoms with E-state index >= 15 is 0 Å². The number of rotatable bonds is 11. The molecule has 0 aromatic heterocycles. The van der Waals surface area contributed by atoms with E-state index in [9.17, 15) is 29.7 Å². The zero-order chi connectivity index (χ0) is 40.8. The van der Waals surface area contributed by atoms with Gasteiger partial charge in [0.1, 0.15) is 12.3 Å². The van der Waals surface area contributed by atoms with E-state index in [1.165, 1.54) is 33.5 Å². The van der Waals surface area contributed by atoms with Crippen LogP contribution in [0.15, 0.2) is 58.8 Å². The van der Waals surface area contributed by atoms with Crippen LogP contribution in [0, 0.1) is 28.6 Å². The van der Waals surface area contributed by atoms with Crippen molar-refractivity contribution in [3.8, 4) is 17.2 Å². The van der Waals surface area contributed by atoms with Crippen molar-refractivity contribution >= 4 is 30.1 Å². The molecule has 57 heavy (non-hydrogen) atoms. The number of fused-ring (bicyclic) bond motifs is 5. The molecule has 2 aromatic rings. The maximum absolute atomic E-state index is 14.1. The summed E-state index contributed by atoms with van der Waals surface area (Å²) < 4.78 is 21.6. The molecule has 306 valence electrons. The van der Waals surface area contributed by atoms with Gasteiger partial charge in [-0.25, -0.2) is 10.2 Å². The van der Waals surface area contributed by atoms with Crippen molar-refractivity contribution in [1.82, 2.24) is 10.7 Å². The number of aryl methyl sites for hydroxylation is 1. The molecule has 8 atom stereocenters. The fourth-order valence-corrected chi connectivity index (χ4v) is 11.2. The van der Waals surface area contributed by atoms with Crippen LogP contribution in [0.25, 0.3) is 6.08 Å². The first kappa shape index (κ1) is 40.5. The van der Waals surface area contributed by atoms with Crippen LogP contribution in [-0.2, 0) is 20.7 Å². The number of carbonyl (C=O) groups excluding carboxylic acids is 3. The number of nitrogens with one attached hydrogen (secondary N) is 2. The third-order valence-electron chi connectivity index (χ3n) is 14.2. The Morgan fingerprint density at radius 1 is 0.947 bits per heavy atom. The highest BCUT2D eigenvalue weighted by Crippen LogP contribution is 2.70. The molecule has 5 N–H and O–H groups in total. The summed E-state index contributed by atoms with van der Waals surface area (Å²) in [6, 6.07) is 10.6. The van der Waals surface area contributed by atoms with Crippen molar-refractivity contribution in [2.24, 2.45) is 33.7 Å². The number of cyclic esters (lactones) is 1. The molecule has 0 bridgehead atoms.